The average Bonchev–Trinajstić information content (AvgIpc) is 2.92. The maximum Gasteiger partial charge on any atom is 0.222 e. The standard InChI is InChI=1S/C11H15NO2/c1-2-11(13)12(9-5-6-9)8-10-4-3-7-14-10/h3-4,7,9H,2,5-6,8H2,1H3. The minimum absolute atomic E-state index is 0.226. The molecule has 0 saturated heterocycles. The van der Waals surface area contributed by atoms with Crippen molar-refractivity contribution >= 4 is 5.91 Å². The first kappa shape index (κ1) is 9.31. The monoisotopic (exact) mass is 193 g/mol. The highest BCUT2D eigenvalue weighted by molar-refractivity contribution is 5.76. The van der Waals surface area contributed by atoms with Crippen LogP contribution in [0.15, 0.2) is 22.8 Å². The second-order valence-electron chi connectivity index (χ2n) is 3.69. The predicted molar refractivity (Wildman–Crippen MR) is 52.6 cm³/mol. The lowest BCUT2D eigenvalue weighted by Crippen LogP contribution is -2.31. The first-order valence-electron chi connectivity index (χ1n) is 5.13. The summed E-state index contributed by atoms with van der Waals surface area (Å²) in [5.41, 5.74) is 0. The Hall–Kier alpha value is -1.25. The molecule has 1 aromatic heterocycles. The van der Waals surface area contributed by atoms with Gasteiger partial charge in [0.15, 0.2) is 0 Å². The first-order valence-corrected chi connectivity index (χ1v) is 5.13. The predicted octanol–water partition coefficient (Wildman–Crippen LogP) is 2.18. The Bertz CT molecular complexity index is 301. The van der Waals surface area contributed by atoms with Gasteiger partial charge in [-0.2, -0.15) is 0 Å². The number of hydrogen-bond acceptors (Lipinski definition) is 2. The summed E-state index contributed by atoms with van der Waals surface area (Å²) in [6.07, 6.45) is 4.52. The summed E-state index contributed by atoms with van der Waals surface area (Å²) in [4.78, 5) is 13.5. The smallest absolute Gasteiger partial charge is 0.222 e. The summed E-state index contributed by atoms with van der Waals surface area (Å²) in [7, 11) is 0. The minimum Gasteiger partial charge on any atom is -0.467 e. The fraction of sp³-hybridized carbons (Fsp3) is 0.545. The summed E-state index contributed by atoms with van der Waals surface area (Å²) in [5, 5.41) is 0. The zero-order valence-corrected chi connectivity index (χ0v) is 8.40. The van der Waals surface area contributed by atoms with Crippen LogP contribution in [0.25, 0.3) is 0 Å². The minimum atomic E-state index is 0.226. The SMILES string of the molecule is CCC(=O)N(Cc1ccco1)C1CC1. The van der Waals surface area contributed by atoms with Crippen molar-refractivity contribution in [2.24, 2.45) is 0 Å². The Kier molecular flexibility index (Phi) is 2.57. The largest absolute Gasteiger partial charge is 0.467 e. The van der Waals surface area contributed by atoms with Crippen molar-refractivity contribution < 1.29 is 9.21 Å². The summed E-state index contributed by atoms with van der Waals surface area (Å²) >= 11 is 0. The third-order valence-electron chi connectivity index (χ3n) is 2.52. The molecule has 1 aliphatic rings. The Balaban J connectivity index is 2.00. The van der Waals surface area contributed by atoms with Crippen molar-refractivity contribution in [2.75, 3.05) is 0 Å². The molecule has 0 N–H and O–H groups in total. The van der Waals surface area contributed by atoms with Gasteiger partial charge in [0.25, 0.3) is 0 Å². The van der Waals surface area contributed by atoms with Crippen molar-refractivity contribution in [3.8, 4) is 0 Å². The van der Waals surface area contributed by atoms with Crippen LogP contribution in [0.5, 0.6) is 0 Å². The zero-order valence-electron chi connectivity index (χ0n) is 8.40. The molecule has 3 nitrogen and oxygen atoms in total. The summed E-state index contributed by atoms with van der Waals surface area (Å²) in [5.74, 6) is 1.10. The van der Waals surface area contributed by atoms with Gasteiger partial charge in [-0.25, -0.2) is 0 Å². The molecule has 0 aromatic carbocycles. The third kappa shape index (κ3) is 1.97. The maximum atomic E-state index is 11.6. The van der Waals surface area contributed by atoms with E-state index in [0.717, 1.165) is 18.6 Å². The van der Waals surface area contributed by atoms with E-state index in [1.165, 1.54) is 0 Å². The van der Waals surface area contributed by atoms with Crippen molar-refractivity contribution in [3.05, 3.63) is 24.2 Å². The average molecular weight is 193 g/mol. The van der Waals surface area contributed by atoms with E-state index in [-0.39, 0.29) is 5.91 Å². The molecule has 3 heteroatoms. The van der Waals surface area contributed by atoms with E-state index < -0.39 is 0 Å². The van der Waals surface area contributed by atoms with E-state index in [0.29, 0.717) is 19.0 Å². The van der Waals surface area contributed by atoms with Gasteiger partial charge in [0, 0.05) is 12.5 Å². The van der Waals surface area contributed by atoms with Crippen LogP contribution in [0.3, 0.4) is 0 Å². The lowest BCUT2D eigenvalue weighted by Gasteiger charge is -2.20. The number of carbonyl (C=O) groups excluding carboxylic acids is 1. The van der Waals surface area contributed by atoms with Crippen molar-refractivity contribution in [1.29, 1.82) is 0 Å². The van der Waals surface area contributed by atoms with Gasteiger partial charge in [-0.15, -0.1) is 0 Å². The lowest BCUT2D eigenvalue weighted by atomic mass is 10.3. The highest BCUT2D eigenvalue weighted by atomic mass is 16.3. The molecule has 0 aliphatic heterocycles. The molecule has 1 heterocycles. The van der Waals surface area contributed by atoms with Crippen LogP contribution in [-0.2, 0) is 11.3 Å². The fourth-order valence-electron chi connectivity index (χ4n) is 1.58. The second-order valence-corrected chi connectivity index (χ2v) is 3.69. The highest BCUT2D eigenvalue weighted by Gasteiger charge is 2.32. The molecular weight excluding hydrogens is 178 g/mol. The molecule has 1 fully saturated rings. The van der Waals surface area contributed by atoms with Gasteiger partial charge in [-0.3, -0.25) is 4.79 Å². The van der Waals surface area contributed by atoms with E-state index in [1.54, 1.807) is 6.26 Å². The third-order valence-corrected chi connectivity index (χ3v) is 2.52. The van der Waals surface area contributed by atoms with Gasteiger partial charge in [-0.1, -0.05) is 6.92 Å². The quantitative estimate of drug-likeness (QED) is 0.734. The van der Waals surface area contributed by atoms with E-state index >= 15 is 0 Å². The van der Waals surface area contributed by atoms with Crippen LogP contribution < -0.4 is 0 Å². The van der Waals surface area contributed by atoms with Gasteiger partial charge in [0.2, 0.25) is 5.91 Å². The zero-order chi connectivity index (χ0) is 9.97. The van der Waals surface area contributed by atoms with E-state index in [4.69, 9.17) is 4.42 Å². The summed E-state index contributed by atoms with van der Waals surface area (Å²) in [6, 6.07) is 4.24. The maximum absolute atomic E-state index is 11.6. The molecule has 1 amide bonds. The topological polar surface area (TPSA) is 33.5 Å². The Labute approximate surface area is 83.7 Å². The van der Waals surface area contributed by atoms with Crippen LogP contribution in [0.2, 0.25) is 0 Å². The van der Waals surface area contributed by atoms with Crippen LogP contribution in [0.4, 0.5) is 0 Å². The number of furan rings is 1. The summed E-state index contributed by atoms with van der Waals surface area (Å²) < 4.78 is 5.24. The molecule has 1 saturated carbocycles. The molecular formula is C11H15NO2. The molecule has 2 rings (SSSR count). The molecule has 0 bridgehead atoms. The molecule has 1 aliphatic carbocycles. The first-order chi connectivity index (χ1) is 6.81. The Morgan fingerprint density at radius 3 is 2.93 bits per heavy atom. The molecule has 0 spiro atoms. The fourth-order valence-corrected chi connectivity index (χ4v) is 1.58. The molecule has 0 radical (unpaired) electrons. The normalized spacial score (nSPS) is 15.5. The van der Waals surface area contributed by atoms with Gasteiger partial charge < -0.3 is 9.32 Å². The molecule has 76 valence electrons. The van der Waals surface area contributed by atoms with Crippen molar-refractivity contribution in [1.82, 2.24) is 4.90 Å². The number of rotatable bonds is 4. The van der Waals surface area contributed by atoms with Crippen molar-refractivity contribution in [2.45, 2.75) is 38.8 Å². The number of nitrogens with zero attached hydrogens (tertiary/aromatic N) is 1. The van der Waals surface area contributed by atoms with E-state index in [9.17, 15) is 4.79 Å². The van der Waals surface area contributed by atoms with Crippen molar-refractivity contribution in [3.63, 3.8) is 0 Å². The van der Waals surface area contributed by atoms with Gasteiger partial charge in [0.1, 0.15) is 5.76 Å². The molecule has 1 aromatic rings. The Morgan fingerprint density at radius 1 is 1.64 bits per heavy atom. The molecule has 0 atom stereocenters. The number of amides is 1. The Morgan fingerprint density at radius 2 is 2.43 bits per heavy atom. The van der Waals surface area contributed by atoms with Crippen LogP contribution in [0.1, 0.15) is 31.9 Å². The van der Waals surface area contributed by atoms with Crippen LogP contribution >= 0.6 is 0 Å². The molecule has 0 unspecified atom stereocenters. The number of carbonyl (C=O) groups is 1. The van der Waals surface area contributed by atoms with E-state index in [1.807, 2.05) is 24.0 Å². The molecule has 14 heavy (non-hydrogen) atoms. The van der Waals surface area contributed by atoms with Gasteiger partial charge in [-0.05, 0) is 25.0 Å². The van der Waals surface area contributed by atoms with Crippen LogP contribution in [-0.4, -0.2) is 16.8 Å². The van der Waals surface area contributed by atoms with Gasteiger partial charge in [0.05, 0.1) is 12.8 Å². The lowest BCUT2D eigenvalue weighted by molar-refractivity contribution is -0.132. The number of hydrogen-bond donors (Lipinski definition) is 0. The van der Waals surface area contributed by atoms with Gasteiger partial charge >= 0.3 is 0 Å². The van der Waals surface area contributed by atoms with E-state index in [2.05, 4.69) is 0 Å². The summed E-state index contributed by atoms with van der Waals surface area (Å²) in [6.45, 7) is 2.53. The van der Waals surface area contributed by atoms with Crippen LogP contribution in [0, 0.1) is 0 Å². The highest BCUT2D eigenvalue weighted by Crippen LogP contribution is 2.28. The second kappa shape index (κ2) is 3.86.